The number of aromatic nitrogens is 1. The molecule has 150 valence electrons. The molecule has 0 amide bonds. The molecular formula is C19H29ClN4O3. The van der Waals surface area contributed by atoms with Crippen LogP contribution in [0.5, 0.6) is 0 Å². The molecule has 0 radical (unpaired) electrons. The van der Waals surface area contributed by atoms with Gasteiger partial charge in [-0.25, -0.2) is 4.79 Å². The minimum atomic E-state index is -0.625. The van der Waals surface area contributed by atoms with Crippen molar-refractivity contribution in [3.63, 3.8) is 0 Å². The van der Waals surface area contributed by atoms with Crippen LogP contribution in [0.25, 0.3) is 0 Å². The number of piperidine rings is 1. The largest absolute Gasteiger partial charge is 0.369 e. The number of anilines is 1. The van der Waals surface area contributed by atoms with Gasteiger partial charge in [0.1, 0.15) is 11.7 Å². The van der Waals surface area contributed by atoms with E-state index in [0.29, 0.717) is 19.5 Å². The number of ketones is 1. The number of hydroxylamine groups is 2. The zero-order chi connectivity index (χ0) is 18.4. The van der Waals surface area contributed by atoms with Crippen molar-refractivity contribution in [1.82, 2.24) is 15.4 Å². The van der Waals surface area contributed by atoms with Crippen LogP contribution in [0.2, 0.25) is 0 Å². The molecule has 2 aliphatic heterocycles. The molecule has 27 heavy (non-hydrogen) atoms. The number of nitrogens with zero attached hydrogens (tertiary/aromatic N) is 3. The van der Waals surface area contributed by atoms with Crippen LogP contribution in [0.15, 0.2) is 24.5 Å². The molecule has 2 saturated heterocycles. The Balaban J connectivity index is 0.00000261. The molecule has 7 nitrogen and oxygen atoms in total. The van der Waals surface area contributed by atoms with Crippen LogP contribution < -0.4 is 10.2 Å². The van der Waals surface area contributed by atoms with E-state index in [1.165, 1.54) is 0 Å². The molecule has 8 heteroatoms. The van der Waals surface area contributed by atoms with E-state index in [-0.39, 0.29) is 30.1 Å². The lowest BCUT2D eigenvalue weighted by atomic mass is 9.81. The fourth-order valence-electron chi connectivity index (χ4n) is 3.76. The molecule has 0 saturated carbocycles. The lowest BCUT2D eigenvalue weighted by Gasteiger charge is -2.36. The molecule has 3 rings (SSSR count). The smallest absolute Gasteiger partial charge is 0.335 e. The topological polar surface area (TPSA) is 74.8 Å². The van der Waals surface area contributed by atoms with Crippen molar-refractivity contribution in [2.45, 2.75) is 26.2 Å². The van der Waals surface area contributed by atoms with Crippen molar-refractivity contribution in [2.24, 2.45) is 11.8 Å². The standard InChI is InChI=1S/C19H28N4O3.ClH/c1-2-17(24)18(15-3-7-20-8-4-15)19(25)26-23-13-11-22(12-14-23)16-5-9-21-10-6-16;/h5-6,9-10,15,18,20H,2-4,7-8,11-14H2,1H3;1H. The number of rotatable bonds is 6. The molecular weight excluding hydrogens is 368 g/mol. The van der Waals surface area contributed by atoms with Crippen molar-refractivity contribution in [1.29, 1.82) is 0 Å². The minimum Gasteiger partial charge on any atom is -0.369 e. The Labute approximate surface area is 166 Å². The zero-order valence-electron chi connectivity index (χ0n) is 15.8. The van der Waals surface area contributed by atoms with E-state index in [0.717, 1.165) is 44.7 Å². The summed E-state index contributed by atoms with van der Waals surface area (Å²) in [6.07, 6.45) is 5.63. The average Bonchev–Trinajstić information content (AvgIpc) is 2.70. The summed E-state index contributed by atoms with van der Waals surface area (Å²) < 4.78 is 0. The second-order valence-electron chi connectivity index (χ2n) is 6.92. The summed E-state index contributed by atoms with van der Waals surface area (Å²) in [6.45, 7) is 6.35. The maximum absolute atomic E-state index is 12.7. The van der Waals surface area contributed by atoms with Crippen LogP contribution in [0, 0.1) is 11.8 Å². The van der Waals surface area contributed by atoms with Crippen molar-refractivity contribution in [3.8, 4) is 0 Å². The molecule has 1 atom stereocenters. The Morgan fingerprint density at radius 3 is 2.41 bits per heavy atom. The maximum Gasteiger partial charge on any atom is 0.335 e. The molecule has 0 aliphatic carbocycles. The van der Waals surface area contributed by atoms with Crippen molar-refractivity contribution >= 4 is 29.8 Å². The number of carbonyl (C=O) groups excluding carboxylic acids is 2. The molecule has 1 unspecified atom stereocenters. The molecule has 0 spiro atoms. The summed E-state index contributed by atoms with van der Waals surface area (Å²) >= 11 is 0. The van der Waals surface area contributed by atoms with Gasteiger partial charge >= 0.3 is 5.97 Å². The highest BCUT2D eigenvalue weighted by Gasteiger charge is 2.37. The quantitative estimate of drug-likeness (QED) is 0.733. The fourth-order valence-corrected chi connectivity index (χ4v) is 3.76. The molecule has 1 N–H and O–H groups in total. The third-order valence-electron chi connectivity index (χ3n) is 5.29. The maximum atomic E-state index is 12.7. The summed E-state index contributed by atoms with van der Waals surface area (Å²) in [7, 11) is 0. The second kappa shape index (κ2) is 10.6. The lowest BCUT2D eigenvalue weighted by molar-refractivity contribution is -0.199. The number of pyridine rings is 1. The zero-order valence-corrected chi connectivity index (χ0v) is 16.6. The minimum absolute atomic E-state index is 0. The van der Waals surface area contributed by atoms with Crippen LogP contribution in [-0.2, 0) is 14.4 Å². The first-order chi connectivity index (χ1) is 12.7. The Bertz CT molecular complexity index is 602. The number of hydrogen-bond donors (Lipinski definition) is 1. The number of piperazine rings is 1. The van der Waals surface area contributed by atoms with Crippen LogP contribution in [-0.4, -0.2) is 61.1 Å². The second-order valence-corrected chi connectivity index (χ2v) is 6.92. The average molecular weight is 397 g/mol. The van der Waals surface area contributed by atoms with Crippen molar-refractivity contribution < 1.29 is 14.4 Å². The van der Waals surface area contributed by atoms with E-state index < -0.39 is 5.92 Å². The van der Waals surface area contributed by atoms with E-state index in [1.807, 2.05) is 19.1 Å². The number of Topliss-reactive ketones (excluding diaryl/α,β-unsaturated/α-hetero) is 1. The Hall–Kier alpha value is -1.70. The van der Waals surface area contributed by atoms with Gasteiger partial charge in [-0.3, -0.25) is 9.78 Å². The highest BCUT2D eigenvalue weighted by Crippen LogP contribution is 2.26. The molecule has 2 aliphatic rings. The van der Waals surface area contributed by atoms with Crippen LogP contribution in [0.1, 0.15) is 26.2 Å². The van der Waals surface area contributed by atoms with Gasteiger partial charge in [-0.2, -0.15) is 0 Å². The number of halogens is 1. The van der Waals surface area contributed by atoms with Gasteiger partial charge in [0.2, 0.25) is 0 Å². The number of carbonyl (C=O) groups is 2. The lowest BCUT2D eigenvalue weighted by Crippen LogP contribution is -2.49. The first kappa shape index (κ1) is 21.6. The Morgan fingerprint density at radius 2 is 1.81 bits per heavy atom. The van der Waals surface area contributed by atoms with E-state index in [1.54, 1.807) is 17.5 Å². The predicted molar refractivity (Wildman–Crippen MR) is 106 cm³/mol. The van der Waals surface area contributed by atoms with Gasteiger partial charge in [-0.05, 0) is 44.0 Å². The van der Waals surface area contributed by atoms with E-state index >= 15 is 0 Å². The summed E-state index contributed by atoms with van der Waals surface area (Å²) in [5.41, 5.74) is 1.12. The molecule has 2 fully saturated rings. The van der Waals surface area contributed by atoms with Crippen molar-refractivity contribution in [2.75, 3.05) is 44.2 Å². The number of hydrogen-bond acceptors (Lipinski definition) is 7. The van der Waals surface area contributed by atoms with Gasteiger partial charge in [0.05, 0.1) is 13.1 Å². The van der Waals surface area contributed by atoms with E-state index in [2.05, 4.69) is 15.2 Å². The fraction of sp³-hybridized carbons (Fsp3) is 0.632. The first-order valence-corrected chi connectivity index (χ1v) is 9.54. The van der Waals surface area contributed by atoms with Gasteiger partial charge in [0.15, 0.2) is 0 Å². The molecule has 3 heterocycles. The summed E-state index contributed by atoms with van der Waals surface area (Å²) in [5, 5.41) is 4.99. The SMILES string of the molecule is CCC(=O)C(C(=O)ON1CCN(c2ccncc2)CC1)C1CCNCC1.Cl. The summed E-state index contributed by atoms with van der Waals surface area (Å²) in [5.74, 6) is -0.909. The van der Waals surface area contributed by atoms with Crippen LogP contribution in [0.4, 0.5) is 5.69 Å². The van der Waals surface area contributed by atoms with Gasteiger partial charge in [-0.15, -0.1) is 17.5 Å². The Morgan fingerprint density at radius 1 is 1.19 bits per heavy atom. The van der Waals surface area contributed by atoms with Crippen LogP contribution in [0.3, 0.4) is 0 Å². The third-order valence-corrected chi connectivity index (χ3v) is 5.29. The van der Waals surface area contributed by atoms with Gasteiger partial charge in [0, 0.05) is 37.6 Å². The molecule has 0 aromatic carbocycles. The van der Waals surface area contributed by atoms with Crippen molar-refractivity contribution in [3.05, 3.63) is 24.5 Å². The summed E-state index contributed by atoms with van der Waals surface area (Å²) in [6, 6.07) is 3.96. The Kier molecular flexibility index (Phi) is 8.47. The van der Waals surface area contributed by atoms with Crippen LogP contribution >= 0.6 is 12.4 Å². The predicted octanol–water partition coefficient (Wildman–Crippen LogP) is 1.68. The van der Waals surface area contributed by atoms with E-state index in [9.17, 15) is 9.59 Å². The molecule has 1 aromatic heterocycles. The number of nitrogens with one attached hydrogen (secondary N) is 1. The monoisotopic (exact) mass is 396 g/mol. The van der Waals surface area contributed by atoms with E-state index in [4.69, 9.17) is 4.84 Å². The first-order valence-electron chi connectivity index (χ1n) is 9.54. The summed E-state index contributed by atoms with van der Waals surface area (Å²) in [4.78, 5) is 37.0. The highest BCUT2D eigenvalue weighted by molar-refractivity contribution is 5.99. The molecule has 0 bridgehead atoms. The third kappa shape index (κ3) is 5.64. The van der Waals surface area contributed by atoms with Gasteiger partial charge in [-0.1, -0.05) is 6.92 Å². The van der Waals surface area contributed by atoms with Gasteiger partial charge in [0.25, 0.3) is 0 Å². The highest BCUT2D eigenvalue weighted by atomic mass is 35.5. The van der Waals surface area contributed by atoms with Gasteiger partial charge < -0.3 is 15.1 Å². The normalized spacial score (nSPS) is 19.8. The molecule has 1 aromatic rings.